The summed E-state index contributed by atoms with van der Waals surface area (Å²) in [5.41, 5.74) is 3.41. The zero-order valence-electron chi connectivity index (χ0n) is 20.0. The van der Waals surface area contributed by atoms with E-state index in [9.17, 15) is 4.79 Å². The number of aromatic nitrogens is 2. The molecule has 1 saturated heterocycles. The quantitative estimate of drug-likeness (QED) is 0.427. The number of amides is 1. The van der Waals surface area contributed by atoms with Crippen LogP contribution in [0.3, 0.4) is 0 Å². The summed E-state index contributed by atoms with van der Waals surface area (Å²) < 4.78 is 7.90. The maximum atomic E-state index is 13.0. The predicted molar refractivity (Wildman–Crippen MR) is 147 cm³/mol. The van der Waals surface area contributed by atoms with E-state index < -0.39 is 0 Å². The van der Waals surface area contributed by atoms with E-state index in [2.05, 4.69) is 25.7 Å². The SMILES string of the molecule is Cc1nc2cccc3n2c1C=C(C(=O)NC1CCN(CCCOc2ccccc2C#N)CC1)S3.Cl.Cl. The van der Waals surface area contributed by atoms with Gasteiger partial charge in [0, 0.05) is 25.7 Å². The minimum atomic E-state index is -0.00291. The maximum Gasteiger partial charge on any atom is 0.258 e. The van der Waals surface area contributed by atoms with Gasteiger partial charge in [-0.25, -0.2) is 4.98 Å². The van der Waals surface area contributed by atoms with Gasteiger partial charge in [-0.2, -0.15) is 5.26 Å². The topological polar surface area (TPSA) is 82.7 Å². The lowest BCUT2D eigenvalue weighted by molar-refractivity contribution is -0.117. The number of nitrogens with zero attached hydrogens (tertiary/aromatic N) is 4. The Kier molecular flexibility index (Phi) is 9.69. The van der Waals surface area contributed by atoms with Crippen molar-refractivity contribution >= 4 is 54.2 Å². The van der Waals surface area contributed by atoms with Crippen LogP contribution in [0.5, 0.6) is 5.75 Å². The number of imidazole rings is 1. The molecule has 0 aliphatic carbocycles. The van der Waals surface area contributed by atoms with E-state index in [0.29, 0.717) is 17.9 Å². The third-order valence-corrected chi connectivity index (χ3v) is 7.39. The van der Waals surface area contributed by atoms with Gasteiger partial charge >= 0.3 is 0 Å². The molecule has 1 amide bonds. The highest BCUT2D eigenvalue weighted by Gasteiger charge is 2.25. The summed E-state index contributed by atoms with van der Waals surface area (Å²) in [5, 5.41) is 13.4. The van der Waals surface area contributed by atoms with Crippen LogP contribution in [0.15, 0.2) is 52.4 Å². The van der Waals surface area contributed by atoms with E-state index in [1.165, 1.54) is 11.8 Å². The second-order valence-corrected chi connectivity index (χ2v) is 9.71. The van der Waals surface area contributed by atoms with Crippen molar-refractivity contribution in [3.05, 3.63) is 64.3 Å². The van der Waals surface area contributed by atoms with Crippen LogP contribution >= 0.6 is 36.6 Å². The van der Waals surface area contributed by atoms with E-state index in [-0.39, 0.29) is 36.8 Å². The molecular formula is C26H29Cl2N5O2S. The second kappa shape index (κ2) is 12.5. The van der Waals surface area contributed by atoms with Gasteiger partial charge in [-0.1, -0.05) is 30.0 Å². The Morgan fingerprint density at radius 3 is 2.75 bits per heavy atom. The smallest absolute Gasteiger partial charge is 0.258 e. The van der Waals surface area contributed by atoms with Gasteiger partial charge in [0.2, 0.25) is 0 Å². The fourth-order valence-corrected chi connectivity index (χ4v) is 5.52. The maximum absolute atomic E-state index is 13.0. The number of nitrogens with one attached hydrogen (secondary N) is 1. The fraction of sp³-hybridized carbons (Fsp3) is 0.346. The molecule has 0 bridgehead atoms. The molecule has 10 heteroatoms. The lowest BCUT2D eigenvalue weighted by Gasteiger charge is -2.32. The molecule has 3 aromatic rings. The van der Waals surface area contributed by atoms with Gasteiger partial charge in [0.15, 0.2) is 0 Å². The third-order valence-electron chi connectivity index (χ3n) is 6.34. The monoisotopic (exact) mass is 545 g/mol. The van der Waals surface area contributed by atoms with Crippen molar-refractivity contribution in [2.45, 2.75) is 37.3 Å². The Morgan fingerprint density at radius 1 is 1.19 bits per heavy atom. The number of nitriles is 1. The number of likely N-dealkylation sites (tertiary alicyclic amines) is 1. The van der Waals surface area contributed by atoms with E-state index in [1.54, 1.807) is 6.07 Å². The highest BCUT2D eigenvalue weighted by atomic mass is 35.5. The molecule has 1 fully saturated rings. The molecule has 0 radical (unpaired) electrons. The van der Waals surface area contributed by atoms with E-state index in [1.807, 2.05) is 49.4 Å². The minimum Gasteiger partial charge on any atom is -0.492 e. The number of carbonyl (C=O) groups is 1. The molecule has 36 heavy (non-hydrogen) atoms. The van der Waals surface area contributed by atoms with Crippen molar-refractivity contribution in [2.75, 3.05) is 26.2 Å². The number of para-hydroxylation sites is 1. The highest BCUT2D eigenvalue weighted by molar-refractivity contribution is 8.04. The van der Waals surface area contributed by atoms with Gasteiger partial charge in [0.05, 0.1) is 33.5 Å². The summed E-state index contributed by atoms with van der Waals surface area (Å²) in [5.74, 6) is 0.646. The predicted octanol–water partition coefficient (Wildman–Crippen LogP) is 4.85. The molecule has 5 rings (SSSR count). The zero-order valence-corrected chi connectivity index (χ0v) is 22.4. The first-order valence-electron chi connectivity index (χ1n) is 11.6. The van der Waals surface area contributed by atoms with Gasteiger partial charge in [0.1, 0.15) is 17.5 Å². The average molecular weight is 547 g/mol. The van der Waals surface area contributed by atoms with Crippen molar-refractivity contribution < 1.29 is 9.53 Å². The first kappa shape index (κ1) is 27.9. The lowest BCUT2D eigenvalue weighted by atomic mass is 10.0. The summed E-state index contributed by atoms with van der Waals surface area (Å²) in [6.07, 6.45) is 4.74. The Labute approximate surface area is 227 Å². The Bertz CT molecular complexity index is 1300. The Morgan fingerprint density at radius 2 is 1.97 bits per heavy atom. The number of ether oxygens (including phenoxy) is 1. The number of halogens is 2. The average Bonchev–Trinajstić information content (AvgIpc) is 3.19. The molecular weight excluding hydrogens is 517 g/mol. The van der Waals surface area contributed by atoms with Gasteiger partial charge in [-0.05, 0) is 56.5 Å². The standard InChI is InChI=1S/C26H27N5O2S.2ClH/c1-18-21-16-23(34-25-9-4-8-24(28-18)31(21)25)26(32)29-20-10-13-30(14-11-20)12-5-15-33-22-7-3-2-6-19(22)17-27;;/h2-4,6-9,16,20H,5,10-15H2,1H3,(H,29,32);2*1H. The largest absolute Gasteiger partial charge is 0.492 e. The fourth-order valence-electron chi connectivity index (χ4n) is 4.54. The van der Waals surface area contributed by atoms with Crippen molar-refractivity contribution in [3.8, 4) is 11.8 Å². The first-order valence-corrected chi connectivity index (χ1v) is 12.5. The van der Waals surface area contributed by atoms with Crippen LogP contribution in [0.4, 0.5) is 0 Å². The van der Waals surface area contributed by atoms with Crippen LogP contribution in [-0.4, -0.2) is 52.5 Å². The van der Waals surface area contributed by atoms with Crippen LogP contribution in [0, 0.1) is 18.3 Å². The molecule has 0 atom stereocenters. The lowest BCUT2D eigenvalue weighted by Crippen LogP contribution is -2.45. The third kappa shape index (κ3) is 5.98. The van der Waals surface area contributed by atoms with Crippen LogP contribution in [0.25, 0.3) is 11.7 Å². The summed E-state index contributed by atoms with van der Waals surface area (Å²) in [6.45, 7) is 5.43. The van der Waals surface area contributed by atoms with E-state index in [4.69, 9.17) is 10.00 Å². The van der Waals surface area contributed by atoms with E-state index in [0.717, 1.165) is 65.9 Å². The van der Waals surface area contributed by atoms with Gasteiger partial charge in [-0.15, -0.1) is 24.8 Å². The van der Waals surface area contributed by atoms with Gasteiger partial charge < -0.3 is 15.0 Å². The number of carbonyl (C=O) groups excluding carboxylic acids is 1. The number of hydrogen-bond donors (Lipinski definition) is 1. The van der Waals surface area contributed by atoms with Gasteiger partial charge in [0.25, 0.3) is 5.91 Å². The zero-order chi connectivity index (χ0) is 23.5. The van der Waals surface area contributed by atoms with Crippen LogP contribution in [0.2, 0.25) is 0 Å². The van der Waals surface area contributed by atoms with Crippen LogP contribution in [0.1, 0.15) is 36.2 Å². The molecule has 190 valence electrons. The van der Waals surface area contributed by atoms with Crippen molar-refractivity contribution in [1.29, 1.82) is 5.26 Å². The molecule has 7 nitrogen and oxygen atoms in total. The molecule has 0 saturated carbocycles. The minimum absolute atomic E-state index is 0. The number of benzene rings is 1. The van der Waals surface area contributed by atoms with Gasteiger partial charge in [-0.3, -0.25) is 9.20 Å². The molecule has 4 heterocycles. The molecule has 2 aromatic heterocycles. The Balaban J connectivity index is 0.00000180. The second-order valence-electron chi connectivity index (χ2n) is 8.65. The van der Waals surface area contributed by atoms with Crippen molar-refractivity contribution in [3.63, 3.8) is 0 Å². The molecule has 0 unspecified atom stereocenters. The molecule has 1 N–H and O–H groups in total. The number of pyridine rings is 1. The first-order chi connectivity index (χ1) is 16.6. The number of hydrogen-bond acceptors (Lipinski definition) is 6. The number of aryl methyl sites for hydroxylation is 1. The van der Waals surface area contributed by atoms with Crippen molar-refractivity contribution in [2.24, 2.45) is 0 Å². The summed E-state index contributed by atoms with van der Waals surface area (Å²) >= 11 is 1.50. The Hall–Kier alpha value is -2.70. The summed E-state index contributed by atoms with van der Waals surface area (Å²) in [7, 11) is 0. The number of rotatable bonds is 7. The number of thioether (sulfide) groups is 1. The molecule has 0 spiro atoms. The highest BCUT2D eigenvalue weighted by Crippen LogP contribution is 2.35. The number of piperidine rings is 1. The summed E-state index contributed by atoms with van der Waals surface area (Å²) in [4.78, 5) is 20.8. The molecule has 1 aromatic carbocycles. The molecule has 2 aliphatic rings. The normalized spacial score (nSPS) is 15.3. The van der Waals surface area contributed by atoms with E-state index >= 15 is 0 Å². The molecule has 2 aliphatic heterocycles. The van der Waals surface area contributed by atoms with Crippen LogP contribution < -0.4 is 10.1 Å². The van der Waals surface area contributed by atoms with Crippen molar-refractivity contribution in [1.82, 2.24) is 19.6 Å². The summed E-state index contributed by atoms with van der Waals surface area (Å²) in [6, 6.07) is 15.7. The van der Waals surface area contributed by atoms with Crippen LogP contribution in [-0.2, 0) is 4.79 Å².